The second-order valence-electron chi connectivity index (χ2n) is 6.96. The number of amides is 2. The maximum Gasteiger partial charge on any atom is 0.242 e. The fourth-order valence-corrected chi connectivity index (χ4v) is 4.83. The molecule has 2 aromatic rings. The van der Waals surface area contributed by atoms with Crippen LogP contribution in [0, 0.1) is 0 Å². The van der Waals surface area contributed by atoms with Gasteiger partial charge in [-0.25, -0.2) is 13.1 Å². The van der Waals surface area contributed by atoms with Gasteiger partial charge in [0.05, 0.1) is 11.4 Å². The SMILES string of the molecule is CC(=O)N1CCc2cc(S(=O)(=O)NCC(=O)N3CCc4ccccc43)ccc21. The highest BCUT2D eigenvalue weighted by Crippen LogP contribution is 2.30. The molecule has 0 aliphatic carbocycles. The molecule has 0 aromatic heterocycles. The van der Waals surface area contributed by atoms with Gasteiger partial charge < -0.3 is 9.80 Å². The number of benzene rings is 2. The lowest BCUT2D eigenvalue weighted by molar-refractivity contribution is -0.117. The van der Waals surface area contributed by atoms with E-state index in [0.717, 1.165) is 28.9 Å². The van der Waals surface area contributed by atoms with Gasteiger partial charge in [0.15, 0.2) is 0 Å². The molecule has 0 spiro atoms. The van der Waals surface area contributed by atoms with E-state index >= 15 is 0 Å². The predicted molar refractivity (Wildman–Crippen MR) is 106 cm³/mol. The Bertz CT molecular complexity index is 1060. The Morgan fingerprint density at radius 3 is 2.43 bits per heavy atom. The molecule has 7 nitrogen and oxygen atoms in total. The molecule has 0 fully saturated rings. The molecule has 1 N–H and O–H groups in total. The van der Waals surface area contributed by atoms with E-state index in [0.29, 0.717) is 19.5 Å². The number of nitrogens with one attached hydrogen (secondary N) is 1. The van der Waals surface area contributed by atoms with Gasteiger partial charge in [-0.2, -0.15) is 0 Å². The second kappa shape index (κ2) is 7.03. The normalized spacial score (nSPS) is 15.5. The summed E-state index contributed by atoms with van der Waals surface area (Å²) >= 11 is 0. The van der Waals surface area contributed by atoms with Crippen LogP contribution >= 0.6 is 0 Å². The van der Waals surface area contributed by atoms with Crippen molar-refractivity contribution in [1.29, 1.82) is 0 Å². The molecule has 4 rings (SSSR count). The van der Waals surface area contributed by atoms with Crippen LogP contribution in [0.2, 0.25) is 0 Å². The van der Waals surface area contributed by atoms with E-state index in [9.17, 15) is 18.0 Å². The zero-order chi connectivity index (χ0) is 19.9. The molecule has 0 unspecified atom stereocenters. The smallest absolute Gasteiger partial charge is 0.242 e. The van der Waals surface area contributed by atoms with E-state index < -0.39 is 10.0 Å². The summed E-state index contributed by atoms with van der Waals surface area (Å²) in [6.07, 6.45) is 1.38. The molecule has 0 saturated carbocycles. The van der Waals surface area contributed by atoms with Gasteiger partial charge in [-0.05, 0) is 48.2 Å². The minimum Gasteiger partial charge on any atom is -0.312 e. The Morgan fingerprint density at radius 2 is 1.64 bits per heavy atom. The number of hydrogen-bond acceptors (Lipinski definition) is 4. The van der Waals surface area contributed by atoms with Crippen molar-refractivity contribution in [3.05, 3.63) is 53.6 Å². The zero-order valence-corrected chi connectivity index (χ0v) is 16.3. The Morgan fingerprint density at radius 1 is 0.964 bits per heavy atom. The highest BCUT2D eigenvalue weighted by atomic mass is 32.2. The number of sulfonamides is 1. The summed E-state index contributed by atoms with van der Waals surface area (Å²) in [5.74, 6) is -0.346. The van der Waals surface area contributed by atoms with Crippen LogP contribution in [0.15, 0.2) is 47.4 Å². The van der Waals surface area contributed by atoms with Gasteiger partial charge >= 0.3 is 0 Å². The minimum atomic E-state index is -3.82. The van der Waals surface area contributed by atoms with E-state index in [4.69, 9.17) is 0 Å². The fourth-order valence-electron chi connectivity index (χ4n) is 3.81. The number of fused-ring (bicyclic) bond motifs is 2. The van der Waals surface area contributed by atoms with Crippen LogP contribution in [0.3, 0.4) is 0 Å². The minimum absolute atomic E-state index is 0.0658. The standard InChI is InChI=1S/C20H21N3O4S/c1-14(24)22-10-9-16-12-17(6-7-19(16)22)28(26,27)21-13-20(25)23-11-8-15-4-2-3-5-18(15)23/h2-7,12,21H,8-11,13H2,1H3. The van der Waals surface area contributed by atoms with Gasteiger partial charge in [0, 0.05) is 31.4 Å². The van der Waals surface area contributed by atoms with Crippen molar-refractivity contribution in [2.45, 2.75) is 24.7 Å². The summed E-state index contributed by atoms with van der Waals surface area (Å²) in [6.45, 7) is 2.30. The van der Waals surface area contributed by atoms with Gasteiger partial charge in [-0.15, -0.1) is 0 Å². The molecule has 146 valence electrons. The molecule has 2 aliphatic rings. The van der Waals surface area contributed by atoms with Crippen molar-refractivity contribution in [1.82, 2.24) is 4.72 Å². The van der Waals surface area contributed by atoms with Crippen molar-refractivity contribution < 1.29 is 18.0 Å². The number of nitrogens with zero attached hydrogens (tertiary/aromatic N) is 2. The largest absolute Gasteiger partial charge is 0.312 e. The third-order valence-corrected chi connectivity index (χ3v) is 6.64. The lowest BCUT2D eigenvalue weighted by Crippen LogP contribution is -2.39. The summed E-state index contributed by atoms with van der Waals surface area (Å²) in [5, 5.41) is 0. The Labute approximate surface area is 164 Å². The van der Waals surface area contributed by atoms with Gasteiger partial charge in [-0.1, -0.05) is 18.2 Å². The van der Waals surface area contributed by atoms with E-state index in [1.165, 1.54) is 13.0 Å². The quantitative estimate of drug-likeness (QED) is 0.843. The van der Waals surface area contributed by atoms with Crippen LogP contribution in [0.5, 0.6) is 0 Å². The van der Waals surface area contributed by atoms with Crippen LogP contribution in [0.4, 0.5) is 11.4 Å². The van der Waals surface area contributed by atoms with Crippen LogP contribution < -0.4 is 14.5 Å². The second-order valence-corrected chi connectivity index (χ2v) is 8.73. The van der Waals surface area contributed by atoms with Gasteiger partial charge in [0.2, 0.25) is 21.8 Å². The molecule has 0 saturated heterocycles. The molecule has 2 amide bonds. The lowest BCUT2D eigenvalue weighted by atomic mass is 10.2. The Hall–Kier alpha value is -2.71. The van der Waals surface area contributed by atoms with Gasteiger partial charge in [0.1, 0.15) is 0 Å². The summed E-state index contributed by atoms with van der Waals surface area (Å²) in [4.78, 5) is 27.5. The first-order valence-corrected chi connectivity index (χ1v) is 10.6. The summed E-state index contributed by atoms with van der Waals surface area (Å²) < 4.78 is 27.7. The van der Waals surface area contributed by atoms with Crippen molar-refractivity contribution in [3.8, 4) is 0 Å². The summed E-state index contributed by atoms with van der Waals surface area (Å²) in [5.41, 5.74) is 3.50. The van der Waals surface area contributed by atoms with Crippen LogP contribution in [-0.4, -0.2) is 39.9 Å². The molecule has 2 heterocycles. The number of hydrogen-bond donors (Lipinski definition) is 1. The molecule has 28 heavy (non-hydrogen) atoms. The number of para-hydroxylation sites is 1. The molecule has 0 radical (unpaired) electrons. The first kappa shape index (κ1) is 18.6. The van der Waals surface area contributed by atoms with E-state index in [2.05, 4.69) is 4.72 Å². The van der Waals surface area contributed by atoms with Crippen LogP contribution in [-0.2, 0) is 32.5 Å². The molecule has 2 aliphatic heterocycles. The number of carbonyl (C=O) groups is 2. The third kappa shape index (κ3) is 3.29. The van der Waals surface area contributed by atoms with Crippen molar-refractivity contribution in [2.75, 3.05) is 29.4 Å². The lowest BCUT2D eigenvalue weighted by Gasteiger charge is -2.18. The van der Waals surface area contributed by atoms with Crippen molar-refractivity contribution >= 4 is 33.2 Å². The average molecular weight is 399 g/mol. The number of anilines is 2. The summed E-state index contributed by atoms with van der Waals surface area (Å²) in [6, 6.07) is 12.3. The first-order valence-electron chi connectivity index (χ1n) is 9.16. The molecular formula is C20H21N3O4S. The first-order chi connectivity index (χ1) is 13.4. The Kier molecular flexibility index (Phi) is 4.68. The van der Waals surface area contributed by atoms with Crippen LogP contribution in [0.25, 0.3) is 0 Å². The number of carbonyl (C=O) groups excluding carboxylic acids is 2. The van der Waals surface area contributed by atoms with E-state index in [1.54, 1.807) is 21.9 Å². The monoisotopic (exact) mass is 399 g/mol. The molecule has 0 atom stereocenters. The van der Waals surface area contributed by atoms with Crippen LogP contribution in [0.1, 0.15) is 18.1 Å². The fraction of sp³-hybridized carbons (Fsp3) is 0.300. The zero-order valence-electron chi connectivity index (χ0n) is 15.5. The maximum absolute atomic E-state index is 12.6. The molecular weight excluding hydrogens is 378 g/mol. The highest BCUT2D eigenvalue weighted by Gasteiger charge is 2.27. The Balaban J connectivity index is 1.47. The van der Waals surface area contributed by atoms with E-state index in [1.807, 2.05) is 24.3 Å². The topological polar surface area (TPSA) is 86.8 Å². The van der Waals surface area contributed by atoms with Gasteiger partial charge in [0.25, 0.3) is 0 Å². The maximum atomic E-state index is 12.6. The van der Waals surface area contributed by atoms with Crippen molar-refractivity contribution in [3.63, 3.8) is 0 Å². The summed E-state index contributed by atoms with van der Waals surface area (Å²) in [7, 11) is -3.82. The van der Waals surface area contributed by atoms with E-state index in [-0.39, 0.29) is 23.3 Å². The molecule has 2 aromatic carbocycles. The number of rotatable bonds is 4. The average Bonchev–Trinajstić information content (AvgIpc) is 3.30. The molecule has 0 bridgehead atoms. The van der Waals surface area contributed by atoms with Gasteiger partial charge in [-0.3, -0.25) is 9.59 Å². The highest BCUT2D eigenvalue weighted by molar-refractivity contribution is 7.89. The van der Waals surface area contributed by atoms with Crippen molar-refractivity contribution in [2.24, 2.45) is 0 Å². The third-order valence-electron chi connectivity index (χ3n) is 5.24. The molecule has 8 heteroatoms. The predicted octanol–water partition coefficient (Wildman–Crippen LogP) is 1.46.